The normalized spacial score (nSPS) is 26.0. The Hall–Kier alpha value is -0.910. The quantitative estimate of drug-likeness (QED) is 0.773. The van der Waals surface area contributed by atoms with Crippen LogP contribution in [0.3, 0.4) is 0 Å². The van der Waals surface area contributed by atoms with Crippen molar-refractivity contribution < 1.29 is 9.47 Å². The molecule has 2 aliphatic heterocycles. The zero-order chi connectivity index (χ0) is 15.6. The van der Waals surface area contributed by atoms with Crippen molar-refractivity contribution in [3.05, 3.63) is 17.0 Å². The zero-order valence-corrected chi connectivity index (χ0v) is 14.2. The van der Waals surface area contributed by atoms with Crippen molar-refractivity contribution in [1.82, 2.24) is 9.97 Å². The number of hydrogen-bond donors (Lipinski definition) is 0. The minimum atomic E-state index is 0.368. The predicted octanol–water partition coefficient (Wildman–Crippen LogP) is 3.03. The number of anilines is 1. The predicted molar refractivity (Wildman–Crippen MR) is 89.1 cm³/mol. The second-order valence-corrected chi connectivity index (χ2v) is 7.32. The number of halogens is 1. The lowest BCUT2D eigenvalue weighted by atomic mass is 10.1. The first-order valence-corrected chi connectivity index (χ1v) is 9.14. The number of rotatable bonds is 5. The van der Waals surface area contributed by atoms with E-state index in [0.717, 1.165) is 63.8 Å². The van der Waals surface area contributed by atoms with Gasteiger partial charge in [-0.15, -0.1) is 0 Å². The molecule has 0 amide bonds. The second kappa shape index (κ2) is 6.91. The van der Waals surface area contributed by atoms with Gasteiger partial charge < -0.3 is 14.4 Å². The summed E-state index contributed by atoms with van der Waals surface area (Å²) in [4.78, 5) is 11.4. The van der Waals surface area contributed by atoms with Gasteiger partial charge in [-0.25, -0.2) is 9.97 Å². The van der Waals surface area contributed by atoms with Crippen LogP contribution in [-0.2, 0) is 9.47 Å². The van der Waals surface area contributed by atoms with E-state index in [1.807, 2.05) is 6.07 Å². The standard InChI is InChI=1S/C17H24ClN3O2/c18-15-9-16(20-17(19-15)13-1-2-13)21-6-3-14(4-7-21)23-11-12-5-8-22-10-12/h9,12-14H,1-8,10-11H2. The van der Waals surface area contributed by atoms with Crippen molar-refractivity contribution in [2.45, 2.75) is 44.1 Å². The summed E-state index contributed by atoms with van der Waals surface area (Å²) in [6, 6.07) is 1.89. The number of hydrogen-bond acceptors (Lipinski definition) is 5. The van der Waals surface area contributed by atoms with Gasteiger partial charge in [0.1, 0.15) is 16.8 Å². The summed E-state index contributed by atoms with van der Waals surface area (Å²) in [5.41, 5.74) is 0. The lowest BCUT2D eigenvalue weighted by molar-refractivity contribution is 0.0131. The van der Waals surface area contributed by atoms with Gasteiger partial charge in [-0.1, -0.05) is 11.6 Å². The largest absolute Gasteiger partial charge is 0.381 e. The maximum atomic E-state index is 6.18. The Labute approximate surface area is 142 Å². The zero-order valence-electron chi connectivity index (χ0n) is 13.4. The molecule has 1 aliphatic carbocycles. The SMILES string of the molecule is Clc1cc(N2CCC(OCC3CCOC3)CC2)nc(C2CC2)n1. The Balaban J connectivity index is 1.30. The van der Waals surface area contributed by atoms with Crippen LogP contribution in [0.15, 0.2) is 6.07 Å². The maximum absolute atomic E-state index is 6.18. The van der Waals surface area contributed by atoms with Crippen molar-refractivity contribution in [1.29, 1.82) is 0 Å². The molecule has 1 aromatic rings. The third-order valence-corrected chi connectivity index (χ3v) is 5.19. The number of piperidine rings is 1. The fourth-order valence-corrected chi connectivity index (χ4v) is 3.53. The van der Waals surface area contributed by atoms with Crippen LogP contribution in [0.5, 0.6) is 0 Å². The van der Waals surface area contributed by atoms with Crippen molar-refractivity contribution in [3.63, 3.8) is 0 Å². The van der Waals surface area contributed by atoms with Crippen molar-refractivity contribution in [2.24, 2.45) is 5.92 Å². The first-order chi connectivity index (χ1) is 11.3. The Morgan fingerprint density at radius 3 is 2.70 bits per heavy atom. The van der Waals surface area contributed by atoms with Crippen LogP contribution < -0.4 is 4.90 Å². The van der Waals surface area contributed by atoms with E-state index < -0.39 is 0 Å². The van der Waals surface area contributed by atoms with E-state index in [0.29, 0.717) is 23.1 Å². The third kappa shape index (κ3) is 3.95. The molecule has 1 atom stereocenters. The highest BCUT2D eigenvalue weighted by molar-refractivity contribution is 6.29. The highest BCUT2D eigenvalue weighted by Crippen LogP contribution is 2.39. The number of nitrogens with zero attached hydrogens (tertiary/aromatic N) is 3. The van der Waals surface area contributed by atoms with Gasteiger partial charge in [-0.2, -0.15) is 0 Å². The summed E-state index contributed by atoms with van der Waals surface area (Å²) in [6.45, 7) is 4.55. The van der Waals surface area contributed by atoms with Crippen LogP contribution in [-0.4, -0.2) is 49.0 Å². The van der Waals surface area contributed by atoms with E-state index in [1.165, 1.54) is 12.8 Å². The first kappa shape index (κ1) is 15.6. The summed E-state index contributed by atoms with van der Waals surface area (Å²) in [5, 5.41) is 0.566. The average Bonchev–Trinajstić information content (AvgIpc) is 3.29. The van der Waals surface area contributed by atoms with Gasteiger partial charge >= 0.3 is 0 Å². The molecule has 3 fully saturated rings. The van der Waals surface area contributed by atoms with Gasteiger partial charge in [0.25, 0.3) is 0 Å². The van der Waals surface area contributed by atoms with Gasteiger partial charge in [-0.05, 0) is 32.1 Å². The van der Waals surface area contributed by atoms with Crippen molar-refractivity contribution >= 4 is 17.4 Å². The topological polar surface area (TPSA) is 47.5 Å². The molecule has 3 aliphatic rings. The molecule has 0 bridgehead atoms. The van der Waals surface area contributed by atoms with Crippen LogP contribution >= 0.6 is 11.6 Å². The molecular formula is C17H24ClN3O2. The second-order valence-electron chi connectivity index (χ2n) is 6.93. The van der Waals surface area contributed by atoms with Crippen molar-refractivity contribution in [2.75, 3.05) is 37.8 Å². The molecule has 23 heavy (non-hydrogen) atoms. The minimum Gasteiger partial charge on any atom is -0.381 e. The third-order valence-electron chi connectivity index (χ3n) is 5.00. The van der Waals surface area contributed by atoms with Crippen LogP contribution in [0.1, 0.15) is 43.8 Å². The lowest BCUT2D eigenvalue weighted by Crippen LogP contribution is -2.38. The molecule has 5 nitrogen and oxygen atoms in total. The summed E-state index contributed by atoms with van der Waals surface area (Å²) in [5.74, 6) is 3.03. The molecule has 0 aromatic carbocycles. The van der Waals surface area contributed by atoms with Crippen LogP contribution in [0, 0.1) is 5.92 Å². The van der Waals surface area contributed by atoms with Gasteiger partial charge in [0.15, 0.2) is 0 Å². The summed E-state index contributed by atoms with van der Waals surface area (Å²) in [7, 11) is 0. The highest BCUT2D eigenvalue weighted by atomic mass is 35.5. The van der Waals surface area contributed by atoms with Crippen LogP contribution in [0.2, 0.25) is 5.15 Å². The molecular weight excluding hydrogens is 314 g/mol. The fourth-order valence-electron chi connectivity index (χ4n) is 3.35. The number of aromatic nitrogens is 2. The molecule has 126 valence electrons. The van der Waals surface area contributed by atoms with E-state index in [-0.39, 0.29) is 0 Å². The minimum absolute atomic E-state index is 0.368. The van der Waals surface area contributed by atoms with Gasteiger partial charge in [0, 0.05) is 37.6 Å². The lowest BCUT2D eigenvalue weighted by Gasteiger charge is -2.33. The molecule has 0 spiro atoms. The molecule has 4 rings (SSSR count). The van der Waals surface area contributed by atoms with Gasteiger partial charge in [0.05, 0.1) is 19.3 Å². The van der Waals surface area contributed by atoms with Gasteiger partial charge in [-0.3, -0.25) is 0 Å². The summed E-state index contributed by atoms with van der Waals surface area (Å²) < 4.78 is 11.5. The molecule has 1 aromatic heterocycles. The number of ether oxygens (including phenoxy) is 2. The van der Waals surface area contributed by atoms with Crippen LogP contribution in [0.25, 0.3) is 0 Å². The van der Waals surface area contributed by atoms with Crippen molar-refractivity contribution in [3.8, 4) is 0 Å². The molecule has 3 heterocycles. The van der Waals surface area contributed by atoms with E-state index in [1.54, 1.807) is 0 Å². The smallest absolute Gasteiger partial charge is 0.135 e. The maximum Gasteiger partial charge on any atom is 0.135 e. The monoisotopic (exact) mass is 337 g/mol. The molecule has 1 unspecified atom stereocenters. The highest BCUT2D eigenvalue weighted by Gasteiger charge is 2.29. The summed E-state index contributed by atoms with van der Waals surface area (Å²) in [6.07, 6.45) is 6.00. The summed E-state index contributed by atoms with van der Waals surface area (Å²) >= 11 is 6.18. The fraction of sp³-hybridized carbons (Fsp3) is 0.765. The Kier molecular flexibility index (Phi) is 4.69. The molecule has 2 saturated heterocycles. The average molecular weight is 338 g/mol. The molecule has 0 radical (unpaired) electrons. The molecule has 1 saturated carbocycles. The molecule has 6 heteroatoms. The van der Waals surface area contributed by atoms with Gasteiger partial charge in [0.2, 0.25) is 0 Å². The Morgan fingerprint density at radius 2 is 2.00 bits per heavy atom. The van der Waals surface area contributed by atoms with E-state index in [2.05, 4.69) is 9.88 Å². The Bertz CT molecular complexity index is 539. The molecule has 0 N–H and O–H groups in total. The Morgan fingerprint density at radius 1 is 1.17 bits per heavy atom. The first-order valence-electron chi connectivity index (χ1n) is 8.76. The van der Waals surface area contributed by atoms with Crippen LogP contribution in [0.4, 0.5) is 5.82 Å². The van der Waals surface area contributed by atoms with E-state index in [4.69, 9.17) is 26.1 Å². The van der Waals surface area contributed by atoms with E-state index >= 15 is 0 Å². The van der Waals surface area contributed by atoms with E-state index in [9.17, 15) is 0 Å².